The fraction of sp³-hybridized carbons (Fsp3) is 1.00. The van der Waals surface area contributed by atoms with Crippen LogP contribution in [0.15, 0.2) is 0 Å². The van der Waals surface area contributed by atoms with Gasteiger partial charge in [-0.2, -0.15) is 0 Å². The SMILES string of the molecule is CCCCP(=O)(OCCC)OCC(C)(C)C. The molecule has 0 fully saturated rings. The highest BCUT2D eigenvalue weighted by Crippen LogP contribution is 2.50. The Morgan fingerprint density at radius 3 is 2.12 bits per heavy atom. The Hall–Kier alpha value is 0.150. The molecule has 4 heteroatoms. The van der Waals surface area contributed by atoms with Crippen LogP contribution in [0.5, 0.6) is 0 Å². The molecule has 0 aromatic carbocycles. The molecule has 0 spiro atoms. The quantitative estimate of drug-likeness (QED) is 0.596. The van der Waals surface area contributed by atoms with Crippen molar-refractivity contribution in [2.24, 2.45) is 5.41 Å². The Bertz CT molecular complexity index is 209. The van der Waals surface area contributed by atoms with Crippen molar-refractivity contribution in [1.29, 1.82) is 0 Å². The first-order chi connectivity index (χ1) is 7.33. The van der Waals surface area contributed by atoms with Gasteiger partial charge in [0.25, 0.3) is 0 Å². The van der Waals surface area contributed by atoms with Gasteiger partial charge >= 0.3 is 7.60 Å². The normalized spacial score (nSPS) is 16.1. The lowest BCUT2D eigenvalue weighted by molar-refractivity contribution is 0.150. The summed E-state index contributed by atoms with van der Waals surface area (Å²) in [4.78, 5) is 0. The Kier molecular flexibility index (Phi) is 7.54. The van der Waals surface area contributed by atoms with Crippen molar-refractivity contribution < 1.29 is 13.6 Å². The Morgan fingerprint density at radius 2 is 1.69 bits per heavy atom. The van der Waals surface area contributed by atoms with Crippen molar-refractivity contribution in [3.05, 3.63) is 0 Å². The molecule has 0 N–H and O–H groups in total. The lowest BCUT2D eigenvalue weighted by atomic mass is 9.99. The maximum absolute atomic E-state index is 12.3. The van der Waals surface area contributed by atoms with Gasteiger partial charge < -0.3 is 9.05 Å². The molecular weight excluding hydrogens is 223 g/mol. The maximum atomic E-state index is 12.3. The predicted octanol–water partition coefficient (Wildman–Crippen LogP) is 4.47. The summed E-state index contributed by atoms with van der Waals surface area (Å²) in [5.41, 5.74) is 0.0252. The minimum Gasteiger partial charge on any atom is -0.309 e. The molecule has 98 valence electrons. The molecule has 0 aliphatic heterocycles. The van der Waals surface area contributed by atoms with Crippen LogP contribution in [0.2, 0.25) is 0 Å². The third kappa shape index (κ3) is 8.32. The highest BCUT2D eigenvalue weighted by Gasteiger charge is 2.26. The molecule has 0 saturated carbocycles. The summed E-state index contributed by atoms with van der Waals surface area (Å²) in [5, 5.41) is 0. The summed E-state index contributed by atoms with van der Waals surface area (Å²) in [6.07, 6.45) is 3.32. The van der Waals surface area contributed by atoms with Crippen LogP contribution >= 0.6 is 7.60 Å². The summed E-state index contributed by atoms with van der Waals surface area (Å²) < 4.78 is 23.3. The zero-order valence-electron chi connectivity index (χ0n) is 11.4. The van der Waals surface area contributed by atoms with E-state index in [-0.39, 0.29) is 5.41 Å². The molecule has 0 rings (SSSR count). The Labute approximate surface area is 100 Å². The van der Waals surface area contributed by atoms with Crippen molar-refractivity contribution in [2.75, 3.05) is 19.4 Å². The number of rotatable bonds is 8. The van der Waals surface area contributed by atoms with Crippen LogP contribution in [0, 0.1) is 5.41 Å². The largest absolute Gasteiger partial charge is 0.330 e. The lowest BCUT2D eigenvalue weighted by Crippen LogP contribution is -2.15. The third-order valence-electron chi connectivity index (χ3n) is 1.97. The van der Waals surface area contributed by atoms with E-state index in [1.54, 1.807) is 0 Å². The molecule has 0 aliphatic rings. The molecule has 0 aromatic rings. The number of hydrogen-bond donors (Lipinski definition) is 0. The fourth-order valence-corrected chi connectivity index (χ4v) is 3.12. The Morgan fingerprint density at radius 1 is 1.06 bits per heavy atom. The second kappa shape index (κ2) is 7.47. The van der Waals surface area contributed by atoms with E-state index in [1.807, 2.05) is 6.92 Å². The van der Waals surface area contributed by atoms with Crippen LogP contribution in [0.25, 0.3) is 0 Å². The molecule has 1 unspecified atom stereocenters. The zero-order valence-corrected chi connectivity index (χ0v) is 12.3. The van der Waals surface area contributed by atoms with E-state index in [4.69, 9.17) is 9.05 Å². The molecule has 16 heavy (non-hydrogen) atoms. The van der Waals surface area contributed by atoms with Gasteiger partial charge in [-0.1, -0.05) is 41.0 Å². The highest BCUT2D eigenvalue weighted by molar-refractivity contribution is 7.53. The van der Waals surface area contributed by atoms with Gasteiger partial charge in [0.1, 0.15) is 0 Å². The summed E-state index contributed by atoms with van der Waals surface area (Å²) in [6.45, 7) is 11.3. The van der Waals surface area contributed by atoms with Crippen molar-refractivity contribution in [3.63, 3.8) is 0 Å². The minimum absolute atomic E-state index is 0.0252. The van der Waals surface area contributed by atoms with E-state index >= 15 is 0 Å². The molecule has 3 nitrogen and oxygen atoms in total. The first-order valence-corrected chi connectivity index (χ1v) is 7.94. The topological polar surface area (TPSA) is 35.5 Å². The monoisotopic (exact) mass is 250 g/mol. The van der Waals surface area contributed by atoms with Crippen molar-refractivity contribution >= 4 is 7.60 Å². The summed E-state index contributed by atoms with van der Waals surface area (Å²) in [6, 6.07) is 0. The third-order valence-corrected chi connectivity index (χ3v) is 3.93. The molecule has 0 bridgehead atoms. The molecule has 0 heterocycles. The lowest BCUT2D eigenvalue weighted by Gasteiger charge is -2.24. The van der Waals surface area contributed by atoms with E-state index in [0.717, 1.165) is 19.3 Å². The van der Waals surface area contributed by atoms with Gasteiger partial charge in [-0.05, 0) is 18.3 Å². The summed E-state index contributed by atoms with van der Waals surface area (Å²) >= 11 is 0. The van der Waals surface area contributed by atoms with Gasteiger partial charge in [0.2, 0.25) is 0 Å². The van der Waals surface area contributed by atoms with Gasteiger partial charge in [0.05, 0.1) is 19.4 Å². The summed E-state index contributed by atoms with van der Waals surface area (Å²) in [7, 11) is -2.85. The summed E-state index contributed by atoms with van der Waals surface area (Å²) in [5.74, 6) is 0. The minimum atomic E-state index is -2.85. The first-order valence-electron chi connectivity index (χ1n) is 6.21. The van der Waals surface area contributed by atoms with Crippen molar-refractivity contribution in [1.82, 2.24) is 0 Å². The number of hydrogen-bond acceptors (Lipinski definition) is 3. The van der Waals surface area contributed by atoms with Crippen LogP contribution < -0.4 is 0 Å². The zero-order chi connectivity index (χ0) is 12.7. The highest BCUT2D eigenvalue weighted by atomic mass is 31.2. The Balaban J connectivity index is 4.23. The smallest absolute Gasteiger partial charge is 0.309 e. The van der Waals surface area contributed by atoms with Crippen LogP contribution in [0.1, 0.15) is 53.9 Å². The number of unbranched alkanes of at least 4 members (excludes halogenated alkanes) is 1. The second-order valence-corrected chi connectivity index (χ2v) is 7.54. The van der Waals surface area contributed by atoms with Crippen LogP contribution in [-0.2, 0) is 13.6 Å². The first kappa shape index (κ1) is 16.1. The molecule has 1 atom stereocenters. The predicted molar refractivity (Wildman–Crippen MR) is 69.0 cm³/mol. The van der Waals surface area contributed by atoms with Gasteiger partial charge in [0, 0.05) is 0 Å². The van der Waals surface area contributed by atoms with E-state index in [2.05, 4.69) is 27.7 Å². The average Bonchev–Trinajstić information content (AvgIpc) is 2.20. The van der Waals surface area contributed by atoms with E-state index < -0.39 is 7.60 Å². The van der Waals surface area contributed by atoms with Gasteiger partial charge in [-0.3, -0.25) is 4.57 Å². The van der Waals surface area contributed by atoms with Crippen LogP contribution in [0.4, 0.5) is 0 Å². The van der Waals surface area contributed by atoms with E-state index in [9.17, 15) is 4.57 Å². The molecular formula is C12H27O3P. The van der Waals surface area contributed by atoms with Gasteiger partial charge in [0.15, 0.2) is 0 Å². The van der Waals surface area contributed by atoms with E-state index in [1.165, 1.54) is 0 Å². The molecule has 0 aliphatic carbocycles. The fourth-order valence-electron chi connectivity index (χ4n) is 1.04. The van der Waals surface area contributed by atoms with Crippen molar-refractivity contribution in [2.45, 2.75) is 53.9 Å². The molecule has 0 radical (unpaired) electrons. The van der Waals surface area contributed by atoms with Crippen LogP contribution in [-0.4, -0.2) is 19.4 Å². The van der Waals surface area contributed by atoms with Gasteiger partial charge in [-0.15, -0.1) is 0 Å². The van der Waals surface area contributed by atoms with Crippen LogP contribution in [0.3, 0.4) is 0 Å². The standard InChI is InChI=1S/C12H27O3P/c1-6-8-10-16(13,14-9-7-2)15-11-12(3,4)5/h6-11H2,1-5H3. The van der Waals surface area contributed by atoms with E-state index in [0.29, 0.717) is 19.4 Å². The average molecular weight is 250 g/mol. The second-order valence-electron chi connectivity index (χ2n) is 5.36. The maximum Gasteiger partial charge on any atom is 0.330 e. The molecule has 0 saturated heterocycles. The van der Waals surface area contributed by atoms with Gasteiger partial charge in [-0.25, -0.2) is 0 Å². The van der Waals surface area contributed by atoms with Crippen molar-refractivity contribution in [3.8, 4) is 0 Å². The molecule has 0 aromatic heterocycles. The molecule has 0 amide bonds.